The van der Waals surface area contributed by atoms with Crippen molar-refractivity contribution in [3.05, 3.63) is 24.3 Å². The highest BCUT2D eigenvalue weighted by Gasteiger charge is 2.16. The summed E-state index contributed by atoms with van der Waals surface area (Å²) < 4.78 is 0. The summed E-state index contributed by atoms with van der Waals surface area (Å²) in [6, 6.07) is 0. The van der Waals surface area contributed by atoms with E-state index < -0.39 is 0 Å². The van der Waals surface area contributed by atoms with Gasteiger partial charge in [0.25, 0.3) is 0 Å². The number of rotatable bonds is 4. The summed E-state index contributed by atoms with van der Waals surface area (Å²) in [4.78, 5) is 0. The van der Waals surface area contributed by atoms with Gasteiger partial charge in [-0.2, -0.15) is 0 Å². The summed E-state index contributed by atoms with van der Waals surface area (Å²) in [5.41, 5.74) is 0. The van der Waals surface area contributed by atoms with Crippen molar-refractivity contribution in [2.75, 3.05) is 13.2 Å². The van der Waals surface area contributed by atoms with Gasteiger partial charge in [-0.15, -0.1) is 0 Å². The number of allylic oxidation sites excluding steroid dienone is 2. The highest BCUT2D eigenvalue weighted by Crippen LogP contribution is 2.30. The summed E-state index contributed by atoms with van der Waals surface area (Å²) in [7, 11) is 0. The Morgan fingerprint density at radius 1 is 0.786 bits per heavy atom. The Kier molecular flexibility index (Phi) is 5.57. The molecule has 0 unspecified atom stereocenters. The molecule has 0 aromatic heterocycles. The second-order valence-electron chi connectivity index (χ2n) is 3.90. The minimum atomic E-state index is 0.157. The molecular weight excluding hydrogens is 176 g/mol. The van der Waals surface area contributed by atoms with Crippen molar-refractivity contribution in [1.29, 1.82) is 0 Å². The number of aliphatic hydroxyl groups excluding tert-OH is 2. The second kappa shape index (κ2) is 6.80. The van der Waals surface area contributed by atoms with Gasteiger partial charge in [-0.3, -0.25) is 0 Å². The average molecular weight is 196 g/mol. The molecule has 0 atom stereocenters. The van der Waals surface area contributed by atoms with Crippen LogP contribution in [0.25, 0.3) is 0 Å². The SMILES string of the molecule is OCC=CC1CCC(C=CCO)CC1. The molecule has 1 aliphatic carbocycles. The normalized spacial score (nSPS) is 29.0. The van der Waals surface area contributed by atoms with Gasteiger partial charge in [0, 0.05) is 0 Å². The summed E-state index contributed by atoms with van der Waals surface area (Å²) >= 11 is 0. The van der Waals surface area contributed by atoms with Crippen LogP contribution in [0.2, 0.25) is 0 Å². The largest absolute Gasteiger partial charge is 0.392 e. The maximum absolute atomic E-state index is 8.64. The van der Waals surface area contributed by atoms with Crippen LogP contribution in [0.5, 0.6) is 0 Å². The van der Waals surface area contributed by atoms with Crippen LogP contribution in [0.3, 0.4) is 0 Å². The first kappa shape index (κ1) is 11.5. The quantitative estimate of drug-likeness (QED) is 0.674. The first-order chi connectivity index (χ1) is 6.86. The molecule has 1 aliphatic rings. The van der Waals surface area contributed by atoms with Gasteiger partial charge in [-0.25, -0.2) is 0 Å². The monoisotopic (exact) mass is 196 g/mol. The third kappa shape index (κ3) is 4.07. The van der Waals surface area contributed by atoms with Gasteiger partial charge >= 0.3 is 0 Å². The average Bonchev–Trinajstić information content (AvgIpc) is 2.25. The van der Waals surface area contributed by atoms with Gasteiger partial charge in [0.15, 0.2) is 0 Å². The van der Waals surface area contributed by atoms with E-state index >= 15 is 0 Å². The fourth-order valence-corrected chi connectivity index (χ4v) is 2.04. The molecule has 1 saturated carbocycles. The standard InChI is InChI=1S/C12H20O2/c13-9-1-3-11-5-7-12(8-6-11)4-2-10-14/h1-4,11-14H,5-10H2. The molecule has 0 aliphatic heterocycles. The molecule has 0 saturated heterocycles. The van der Waals surface area contributed by atoms with Crippen LogP contribution in [-0.2, 0) is 0 Å². The Morgan fingerprint density at radius 2 is 1.14 bits per heavy atom. The van der Waals surface area contributed by atoms with Crippen molar-refractivity contribution >= 4 is 0 Å². The van der Waals surface area contributed by atoms with Gasteiger partial charge in [-0.1, -0.05) is 24.3 Å². The lowest BCUT2D eigenvalue weighted by molar-refractivity contribution is 0.329. The lowest BCUT2D eigenvalue weighted by Gasteiger charge is -2.24. The minimum Gasteiger partial charge on any atom is -0.392 e. The summed E-state index contributed by atoms with van der Waals surface area (Å²) in [6.07, 6.45) is 12.8. The van der Waals surface area contributed by atoms with Crippen LogP contribution in [0, 0.1) is 11.8 Å². The Balaban J connectivity index is 2.24. The zero-order valence-electron chi connectivity index (χ0n) is 8.60. The molecule has 2 heteroatoms. The van der Waals surface area contributed by atoms with E-state index in [1.165, 1.54) is 25.7 Å². The van der Waals surface area contributed by atoms with Crippen LogP contribution in [0.15, 0.2) is 24.3 Å². The molecule has 2 nitrogen and oxygen atoms in total. The summed E-state index contributed by atoms with van der Waals surface area (Å²) in [5.74, 6) is 1.31. The van der Waals surface area contributed by atoms with Crippen molar-refractivity contribution in [2.45, 2.75) is 25.7 Å². The molecule has 0 amide bonds. The van der Waals surface area contributed by atoms with Gasteiger partial charge in [0.2, 0.25) is 0 Å². The number of aliphatic hydroxyl groups is 2. The Morgan fingerprint density at radius 3 is 1.43 bits per heavy atom. The molecular formula is C12H20O2. The van der Waals surface area contributed by atoms with E-state index in [-0.39, 0.29) is 13.2 Å². The van der Waals surface area contributed by atoms with E-state index in [4.69, 9.17) is 10.2 Å². The van der Waals surface area contributed by atoms with E-state index in [2.05, 4.69) is 12.2 Å². The Hall–Kier alpha value is -0.600. The van der Waals surface area contributed by atoms with Crippen LogP contribution in [0.1, 0.15) is 25.7 Å². The first-order valence-corrected chi connectivity index (χ1v) is 5.42. The molecule has 0 aromatic carbocycles. The van der Waals surface area contributed by atoms with Crippen LogP contribution >= 0.6 is 0 Å². The van der Waals surface area contributed by atoms with Crippen LogP contribution in [0.4, 0.5) is 0 Å². The molecule has 0 bridgehead atoms. The zero-order valence-corrected chi connectivity index (χ0v) is 8.60. The number of hydrogen-bond acceptors (Lipinski definition) is 2. The van der Waals surface area contributed by atoms with Gasteiger partial charge in [-0.05, 0) is 37.5 Å². The van der Waals surface area contributed by atoms with Crippen molar-refractivity contribution < 1.29 is 10.2 Å². The van der Waals surface area contributed by atoms with Crippen molar-refractivity contribution in [1.82, 2.24) is 0 Å². The maximum Gasteiger partial charge on any atom is 0.0612 e. The van der Waals surface area contributed by atoms with Crippen LogP contribution in [-0.4, -0.2) is 23.4 Å². The van der Waals surface area contributed by atoms with E-state index in [1.807, 2.05) is 12.2 Å². The van der Waals surface area contributed by atoms with Gasteiger partial charge in [0.1, 0.15) is 0 Å². The fraction of sp³-hybridized carbons (Fsp3) is 0.667. The third-order valence-electron chi connectivity index (χ3n) is 2.84. The Labute approximate surface area is 86.0 Å². The minimum absolute atomic E-state index is 0.157. The van der Waals surface area contributed by atoms with Crippen molar-refractivity contribution in [2.24, 2.45) is 11.8 Å². The molecule has 1 fully saturated rings. The lowest BCUT2D eigenvalue weighted by Crippen LogP contribution is -2.11. The molecule has 0 heterocycles. The smallest absolute Gasteiger partial charge is 0.0612 e. The topological polar surface area (TPSA) is 40.5 Å². The molecule has 80 valence electrons. The van der Waals surface area contributed by atoms with Gasteiger partial charge < -0.3 is 10.2 Å². The molecule has 2 N–H and O–H groups in total. The van der Waals surface area contributed by atoms with E-state index in [0.717, 1.165) is 0 Å². The zero-order chi connectivity index (χ0) is 10.2. The predicted octanol–water partition coefficient (Wildman–Crippen LogP) is 1.89. The maximum atomic E-state index is 8.64. The molecule has 14 heavy (non-hydrogen) atoms. The van der Waals surface area contributed by atoms with E-state index in [9.17, 15) is 0 Å². The first-order valence-electron chi connectivity index (χ1n) is 5.42. The third-order valence-corrected chi connectivity index (χ3v) is 2.84. The van der Waals surface area contributed by atoms with Crippen molar-refractivity contribution in [3.63, 3.8) is 0 Å². The highest BCUT2D eigenvalue weighted by molar-refractivity contribution is 4.95. The fourth-order valence-electron chi connectivity index (χ4n) is 2.04. The van der Waals surface area contributed by atoms with Crippen molar-refractivity contribution in [3.8, 4) is 0 Å². The number of hydrogen-bond donors (Lipinski definition) is 2. The second-order valence-corrected chi connectivity index (χ2v) is 3.90. The van der Waals surface area contributed by atoms with E-state index in [1.54, 1.807) is 0 Å². The van der Waals surface area contributed by atoms with Gasteiger partial charge in [0.05, 0.1) is 13.2 Å². The molecule has 0 radical (unpaired) electrons. The summed E-state index contributed by atoms with van der Waals surface area (Å²) in [5, 5.41) is 17.3. The molecule has 0 aromatic rings. The predicted molar refractivity (Wildman–Crippen MR) is 57.9 cm³/mol. The van der Waals surface area contributed by atoms with E-state index in [0.29, 0.717) is 11.8 Å². The highest BCUT2D eigenvalue weighted by atomic mass is 16.3. The Bertz CT molecular complexity index is 166. The molecule has 1 rings (SSSR count). The lowest BCUT2D eigenvalue weighted by atomic mass is 9.82. The molecule has 0 spiro atoms. The summed E-state index contributed by atoms with van der Waals surface area (Å²) in [6.45, 7) is 0.314. The van der Waals surface area contributed by atoms with Crippen LogP contribution < -0.4 is 0 Å².